The number of hydrogen-bond acceptors (Lipinski definition) is 8. The third-order valence-corrected chi connectivity index (χ3v) is 5.09. The molecule has 0 atom stereocenters. The Morgan fingerprint density at radius 2 is 2.11 bits per heavy atom. The Kier molecular flexibility index (Phi) is 3.09. The van der Waals surface area contributed by atoms with Gasteiger partial charge in [0.25, 0.3) is 0 Å². The van der Waals surface area contributed by atoms with E-state index < -0.39 is 5.97 Å². The van der Waals surface area contributed by atoms with Crippen molar-refractivity contribution in [2.24, 2.45) is 0 Å². The van der Waals surface area contributed by atoms with Crippen molar-refractivity contribution in [1.82, 2.24) is 15.2 Å². The highest BCUT2D eigenvalue weighted by Gasteiger charge is 2.11. The smallest absolute Gasteiger partial charge is 0.335 e. The van der Waals surface area contributed by atoms with Crippen molar-refractivity contribution in [1.29, 1.82) is 0 Å². The number of nitrogens with zero attached hydrogens (tertiary/aromatic N) is 3. The third-order valence-electron chi connectivity index (χ3n) is 2.21. The Morgan fingerprint density at radius 3 is 2.79 bits per heavy atom. The topological polar surface area (TPSA) is 102 Å². The van der Waals surface area contributed by atoms with Crippen molar-refractivity contribution in [3.63, 3.8) is 0 Å². The van der Waals surface area contributed by atoms with Gasteiger partial charge in [0.05, 0.1) is 15.8 Å². The lowest BCUT2D eigenvalue weighted by Crippen LogP contribution is -1.94. The molecule has 0 unspecified atom stereocenters. The summed E-state index contributed by atoms with van der Waals surface area (Å²) < 4.78 is 2.34. The number of aromatic nitrogens is 3. The average Bonchev–Trinajstić information content (AvgIpc) is 2.94. The van der Waals surface area contributed by atoms with Gasteiger partial charge in [-0.25, -0.2) is 9.78 Å². The van der Waals surface area contributed by atoms with Gasteiger partial charge in [-0.2, -0.15) is 0 Å². The van der Waals surface area contributed by atoms with E-state index in [0.717, 1.165) is 18.9 Å². The van der Waals surface area contributed by atoms with Gasteiger partial charge in [-0.05, 0) is 30.0 Å². The van der Waals surface area contributed by atoms with Crippen LogP contribution in [-0.4, -0.2) is 26.3 Å². The summed E-state index contributed by atoms with van der Waals surface area (Å²) in [4.78, 5) is 15.3. The fourth-order valence-electron chi connectivity index (χ4n) is 1.42. The van der Waals surface area contributed by atoms with E-state index in [-0.39, 0.29) is 5.56 Å². The van der Waals surface area contributed by atoms with Crippen molar-refractivity contribution in [2.75, 3.05) is 5.73 Å². The second-order valence-corrected chi connectivity index (χ2v) is 7.01. The Hall–Kier alpha value is -1.71. The first kappa shape index (κ1) is 12.3. The van der Waals surface area contributed by atoms with Crippen LogP contribution in [0.1, 0.15) is 10.4 Å². The van der Waals surface area contributed by atoms with Crippen LogP contribution < -0.4 is 5.73 Å². The molecule has 0 spiro atoms. The standard InChI is InChI=1S/C10H6N4O2S3/c11-8-13-14-10(18-8)19-9-12-5-2-1-4(7(15)16)3-6(5)17-9/h1-3H,(H2,11,13)(H,15,16). The zero-order valence-corrected chi connectivity index (χ0v) is 11.7. The van der Waals surface area contributed by atoms with Crippen LogP contribution in [0.2, 0.25) is 0 Å². The number of carboxylic acid groups (broad SMARTS) is 1. The molecule has 3 aromatic rings. The summed E-state index contributed by atoms with van der Waals surface area (Å²) in [5, 5.41) is 17.0. The number of benzene rings is 1. The Bertz CT molecular complexity index is 767. The number of thiazole rings is 1. The highest BCUT2D eigenvalue weighted by molar-refractivity contribution is 8.02. The Balaban J connectivity index is 1.95. The molecular weight excluding hydrogens is 304 g/mol. The van der Waals surface area contributed by atoms with Gasteiger partial charge >= 0.3 is 5.97 Å². The van der Waals surface area contributed by atoms with Gasteiger partial charge in [0.1, 0.15) is 0 Å². The normalized spacial score (nSPS) is 10.9. The number of aromatic carboxylic acids is 1. The molecule has 0 saturated carbocycles. The van der Waals surface area contributed by atoms with E-state index in [0.29, 0.717) is 5.13 Å². The number of rotatable bonds is 3. The van der Waals surface area contributed by atoms with Crippen LogP contribution >= 0.6 is 34.4 Å². The first-order valence-electron chi connectivity index (χ1n) is 5.02. The minimum Gasteiger partial charge on any atom is -0.478 e. The van der Waals surface area contributed by atoms with E-state index in [2.05, 4.69) is 15.2 Å². The summed E-state index contributed by atoms with van der Waals surface area (Å²) in [6, 6.07) is 4.86. The molecule has 9 heteroatoms. The van der Waals surface area contributed by atoms with Crippen molar-refractivity contribution < 1.29 is 9.90 Å². The molecule has 96 valence electrons. The molecule has 2 heterocycles. The van der Waals surface area contributed by atoms with Crippen LogP contribution in [0.15, 0.2) is 26.9 Å². The van der Waals surface area contributed by atoms with Crippen LogP contribution in [0.3, 0.4) is 0 Å². The number of nitrogens with two attached hydrogens (primary N) is 1. The largest absolute Gasteiger partial charge is 0.478 e. The quantitative estimate of drug-likeness (QED) is 0.766. The molecule has 0 fully saturated rings. The molecule has 3 N–H and O–H groups in total. The first-order chi connectivity index (χ1) is 9.11. The monoisotopic (exact) mass is 310 g/mol. The van der Waals surface area contributed by atoms with Crippen molar-refractivity contribution >= 4 is 55.8 Å². The van der Waals surface area contributed by atoms with E-state index in [1.54, 1.807) is 18.2 Å². The van der Waals surface area contributed by atoms with Gasteiger partial charge in [0, 0.05) is 0 Å². The SMILES string of the molecule is Nc1nnc(Sc2nc3ccc(C(=O)O)cc3s2)s1. The van der Waals surface area contributed by atoms with Gasteiger partial charge in [-0.1, -0.05) is 11.3 Å². The molecule has 19 heavy (non-hydrogen) atoms. The fraction of sp³-hybridized carbons (Fsp3) is 0. The molecule has 0 aliphatic rings. The molecule has 0 aliphatic heterocycles. The lowest BCUT2D eigenvalue weighted by molar-refractivity contribution is 0.0697. The third kappa shape index (κ3) is 2.53. The number of carboxylic acids is 1. The summed E-state index contributed by atoms with van der Waals surface area (Å²) in [6.07, 6.45) is 0. The molecule has 3 rings (SSSR count). The van der Waals surface area contributed by atoms with E-state index >= 15 is 0 Å². The van der Waals surface area contributed by atoms with E-state index in [9.17, 15) is 4.79 Å². The predicted molar refractivity (Wildman–Crippen MR) is 75.0 cm³/mol. The molecule has 0 bridgehead atoms. The van der Waals surface area contributed by atoms with Gasteiger partial charge in [-0.3, -0.25) is 0 Å². The molecule has 0 aliphatic carbocycles. The summed E-state index contributed by atoms with van der Waals surface area (Å²) >= 11 is 4.08. The Morgan fingerprint density at radius 1 is 1.26 bits per heavy atom. The number of hydrogen-bond donors (Lipinski definition) is 2. The molecular formula is C10H6N4O2S3. The van der Waals surface area contributed by atoms with Gasteiger partial charge in [0.15, 0.2) is 8.68 Å². The molecule has 0 saturated heterocycles. The maximum atomic E-state index is 10.9. The highest BCUT2D eigenvalue weighted by atomic mass is 32.2. The maximum absolute atomic E-state index is 10.9. The first-order valence-corrected chi connectivity index (χ1v) is 7.47. The number of carbonyl (C=O) groups is 1. The van der Waals surface area contributed by atoms with Gasteiger partial charge < -0.3 is 10.8 Å². The second kappa shape index (κ2) is 4.76. The van der Waals surface area contributed by atoms with Crippen molar-refractivity contribution in [3.8, 4) is 0 Å². The van der Waals surface area contributed by atoms with Crippen LogP contribution in [0.4, 0.5) is 5.13 Å². The summed E-state index contributed by atoms with van der Waals surface area (Å²) in [7, 11) is 0. The minimum absolute atomic E-state index is 0.257. The lowest BCUT2D eigenvalue weighted by Gasteiger charge is -1.91. The van der Waals surface area contributed by atoms with E-state index in [1.807, 2.05) is 0 Å². The summed E-state index contributed by atoms with van der Waals surface area (Å²) in [6.45, 7) is 0. The van der Waals surface area contributed by atoms with E-state index in [4.69, 9.17) is 10.8 Å². The molecule has 2 aromatic heterocycles. The van der Waals surface area contributed by atoms with Crippen LogP contribution in [-0.2, 0) is 0 Å². The summed E-state index contributed by atoms with van der Waals surface area (Å²) in [5.41, 5.74) is 6.54. The highest BCUT2D eigenvalue weighted by Crippen LogP contribution is 2.36. The van der Waals surface area contributed by atoms with Crippen molar-refractivity contribution in [3.05, 3.63) is 23.8 Å². The zero-order valence-electron chi connectivity index (χ0n) is 9.23. The number of anilines is 1. The van der Waals surface area contributed by atoms with Gasteiger partial charge in [0.2, 0.25) is 5.13 Å². The predicted octanol–water partition coefficient (Wildman–Crippen LogP) is 2.58. The average molecular weight is 310 g/mol. The minimum atomic E-state index is -0.943. The van der Waals surface area contributed by atoms with Crippen molar-refractivity contribution in [2.45, 2.75) is 8.68 Å². The number of fused-ring (bicyclic) bond motifs is 1. The Labute approximate surface area is 119 Å². The van der Waals surface area contributed by atoms with E-state index in [1.165, 1.54) is 34.4 Å². The number of nitrogen functional groups attached to an aromatic ring is 1. The van der Waals surface area contributed by atoms with Gasteiger partial charge in [-0.15, -0.1) is 21.5 Å². The maximum Gasteiger partial charge on any atom is 0.335 e. The lowest BCUT2D eigenvalue weighted by atomic mass is 10.2. The summed E-state index contributed by atoms with van der Waals surface area (Å²) in [5.74, 6) is -0.943. The second-order valence-electron chi connectivity index (χ2n) is 3.48. The van der Waals surface area contributed by atoms with Crippen LogP contribution in [0.25, 0.3) is 10.2 Å². The fourth-order valence-corrected chi connectivity index (χ4v) is 4.36. The molecule has 1 aromatic carbocycles. The molecule has 0 radical (unpaired) electrons. The zero-order chi connectivity index (χ0) is 13.4. The van der Waals surface area contributed by atoms with Crippen LogP contribution in [0.5, 0.6) is 0 Å². The molecule has 6 nitrogen and oxygen atoms in total. The van der Waals surface area contributed by atoms with Crippen LogP contribution in [0, 0.1) is 0 Å². The molecule has 0 amide bonds.